The van der Waals surface area contributed by atoms with E-state index in [4.69, 9.17) is 0 Å². The fourth-order valence-electron chi connectivity index (χ4n) is 5.54. The summed E-state index contributed by atoms with van der Waals surface area (Å²) in [5, 5.41) is 0. The van der Waals surface area contributed by atoms with Crippen molar-refractivity contribution in [1.29, 1.82) is 0 Å². The molecule has 0 saturated heterocycles. The van der Waals surface area contributed by atoms with Gasteiger partial charge in [0.25, 0.3) is 0 Å². The molecule has 0 unspecified atom stereocenters. The van der Waals surface area contributed by atoms with Crippen LogP contribution in [0, 0.1) is 27.7 Å². The largest absolute Gasteiger partial charge is 0.310 e. The second-order valence-electron chi connectivity index (χ2n) is 11.0. The Morgan fingerprint density at radius 1 is 0.333 bits per heavy atom. The Hall–Kier alpha value is -5.08. The van der Waals surface area contributed by atoms with Crippen molar-refractivity contribution in [2.24, 2.45) is 0 Å². The van der Waals surface area contributed by atoms with Gasteiger partial charge in [-0.25, -0.2) is 0 Å². The van der Waals surface area contributed by atoms with Crippen LogP contribution >= 0.6 is 0 Å². The minimum absolute atomic E-state index is 1.12. The van der Waals surface area contributed by atoms with Crippen molar-refractivity contribution in [2.75, 3.05) is 9.80 Å². The van der Waals surface area contributed by atoms with Crippen LogP contribution in [0.5, 0.6) is 0 Å². The van der Waals surface area contributed by atoms with Crippen LogP contribution in [0.4, 0.5) is 34.1 Å². The van der Waals surface area contributed by atoms with Crippen molar-refractivity contribution in [2.45, 2.75) is 27.7 Å². The minimum Gasteiger partial charge on any atom is -0.310 e. The Labute approximate surface area is 250 Å². The Bertz CT molecular complexity index is 1730. The number of anilines is 6. The van der Waals surface area contributed by atoms with Gasteiger partial charge in [-0.05, 0) is 111 Å². The van der Waals surface area contributed by atoms with Crippen molar-refractivity contribution in [3.63, 3.8) is 0 Å². The van der Waals surface area contributed by atoms with E-state index < -0.39 is 0 Å². The van der Waals surface area contributed by atoms with Crippen LogP contribution in [0.1, 0.15) is 22.3 Å². The molecule has 0 N–H and O–H groups in total. The SMILES string of the molecule is Cc1ccc(N(c2ccc(C)cc2)c2cc(C)cc(N(c3ccccc3)c3ccc(-c4ccccc4)cc3)c2C)cc1. The molecule has 0 amide bonds. The molecule has 0 fully saturated rings. The van der Waals surface area contributed by atoms with E-state index in [1.54, 1.807) is 0 Å². The second-order valence-corrected chi connectivity index (χ2v) is 11.0. The van der Waals surface area contributed by atoms with Gasteiger partial charge < -0.3 is 9.80 Å². The van der Waals surface area contributed by atoms with Gasteiger partial charge in [-0.3, -0.25) is 0 Å². The predicted molar refractivity (Wildman–Crippen MR) is 180 cm³/mol. The summed E-state index contributed by atoms with van der Waals surface area (Å²) in [6.45, 7) is 8.71. The molecule has 0 aliphatic heterocycles. The van der Waals surface area contributed by atoms with Gasteiger partial charge in [0.1, 0.15) is 0 Å². The van der Waals surface area contributed by atoms with E-state index in [2.05, 4.69) is 183 Å². The Kier molecular flexibility index (Phi) is 7.62. The highest BCUT2D eigenvalue weighted by atomic mass is 15.2. The zero-order chi connectivity index (χ0) is 29.1. The fraction of sp³-hybridized carbons (Fsp3) is 0.100. The van der Waals surface area contributed by atoms with Crippen LogP contribution in [-0.2, 0) is 0 Å². The van der Waals surface area contributed by atoms with Gasteiger partial charge in [0.2, 0.25) is 0 Å². The number of nitrogens with zero attached hydrogens (tertiary/aromatic N) is 2. The monoisotopic (exact) mass is 544 g/mol. The Balaban J connectivity index is 1.53. The first-order chi connectivity index (χ1) is 20.5. The molecule has 0 saturated carbocycles. The van der Waals surface area contributed by atoms with Crippen molar-refractivity contribution in [1.82, 2.24) is 0 Å². The number of hydrogen-bond donors (Lipinski definition) is 0. The molecule has 206 valence electrons. The molecule has 6 aromatic carbocycles. The zero-order valence-corrected chi connectivity index (χ0v) is 24.8. The number of para-hydroxylation sites is 1. The van der Waals surface area contributed by atoms with Gasteiger partial charge in [0.05, 0.1) is 11.4 Å². The second kappa shape index (κ2) is 11.8. The maximum Gasteiger partial charge on any atom is 0.0514 e. The molecule has 42 heavy (non-hydrogen) atoms. The third kappa shape index (κ3) is 5.57. The summed E-state index contributed by atoms with van der Waals surface area (Å²) in [6, 6.07) is 52.3. The quantitative estimate of drug-likeness (QED) is 0.197. The van der Waals surface area contributed by atoms with Crippen LogP contribution in [0.25, 0.3) is 11.1 Å². The van der Waals surface area contributed by atoms with E-state index in [0.29, 0.717) is 0 Å². The highest BCUT2D eigenvalue weighted by Crippen LogP contribution is 2.44. The first kappa shape index (κ1) is 27.1. The summed E-state index contributed by atoms with van der Waals surface area (Å²) in [4.78, 5) is 4.76. The lowest BCUT2D eigenvalue weighted by Gasteiger charge is -2.32. The highest BCUT2D eigenvalue weighted by molar-refractivity contribution is 5.87. The summed E-state index contributed by atoms with van der Waals surface area (Å²) in [5.74, 6) is 0. The highest BCUT2D eigenvalue weighted by Gasteiger charge is 2.22. The average Bonchev–Trinajstić information content (AvgIpc) is 3.02. The minimum atomic E-state index is 1.12. The molecule has 0 heterocycles. The molecule has 0 bridgehead atoms. The van der Waals surface area contributed by atoms with E-state index in [1.807, 2.05) is 0 Å². The molecule has 0 aliphatic carbocycles. The molecular weight excluding hydrogens is 508 g/mol. The lowest BCUT2D eigenvalue weighted by atomic mass is 10.0. The topological polar surface area (TPSA) is 6.48 Å². The molecular formula is C40H36N2. The van der Waals surface area contributed by atoms with E-state index in [0.717, 1.165) is 28.4 Å². The van der Waals surface area contributed by atoms with Crippen LogP contribution in [-0.4, -0.2) is 0 Å². The van der Waals surface area contributed by atoms with E-state index >= 15 is 0 Å². The summed E-state index contributed by atoms with van der Waals surface area (Å²) < 4.78 is 0. The molecule has 6 rings (SSSR count). The Morgan fingerprint density at radius 3 is 1.14 bits per heavy atom. The standard InChI is InChI=1S/C40H36N2/c1-29-15-21-36(22-16-29)42(37-23-17-30(2)18-24-37)40-28-31(3)27-39(32(40)4)41(35-13-9-6-10-14-35)38-25-19-34(20-26-38)33-11-7-5-8-12-33/h5-28H,1-4H3. The number of hydrogen-bond acceptors (Lipinski definition) is 2. The van der Waals surface area contributed by atoms with E-state index in [-0.39, 0.29) is 0 Å². The van der Waals surface area contributed by atoms with Crippen LogP contribution in [0.2, 0.25) is 0 Å². The van der Waals surface area contributed by atoms with Crippen LogP contribution in [0.3, 0.4) is 0 Å². The maximum atomic E-state index is 2.38. The van der Waals surface area contributed by atoms with E-state index in [9.17, 15) is 0 Å². The van der Waals surface area contributed by atoms with Crippen LogP contribution in [0.15, 0.2) is 146 Å². The fourth-order valence-corrected chi connectivity index (χ4v) is 5.54. The molecule has 2 heteroatoms. The number of rotatable bonds is 7. The maximum absolute atomic E-state index is 2.38. The molecule has 0 atom stereocenters. The smallest absolute Gasteiger partial charge is 0.0514 e. The number of aryl methyl sites for hydroxylation is 3. The summed E-state index contributed by atoms with van der Waals surface area (Å²) in [6.07, 6.45) is 0. The van der Waals surface area contributed by atoms with Crippen molar-refractivity contribution in [3.8, 4) is 11.1 Å². The first-order valence-corrected chi connectivity index (χ1v) is 14.5. The van der Waals surface area contributed by atoms with Gasteiger partial charge in [0.15, 0.2) is 0 Å². The molecule has 0 aromatic heterocycles. The lowest BCUT2D eigenvalue weighted by molar-refractivity contribution is 1.19. The molecule has 0 spiro atoms. The molecule has 2 nitrogen and oxygen atoms in total. The third-order valence-electron chi connectivity index (χ3n) is 7.81. The first-order valence-electron chi connectivity index (χ1n) is 14.5. The molecule has 0 aliphatic rings. The third-order valence-corrected chi connectivity index (χ3v) is 7.81. The van der Waals surface area contributed by atoms with Crippen molar-refractivity contribution in [3.05, 3.63) is 168 Å². The lowest BCUT2D eigenvalue weighted by Crippen LogP contribution is -2.16. The Morgan fingerprint density at radius 2 is 0.690 bits per heavy atom. The van der Waals surface area contributed by atoms with Crippen molar-refractivity contribution >= 4 is 34.1 Å². The summed E-state index contributed by atoms with van der Waals surface area (Å²) in [7, 11) is 0. The van der Waals surface area contributed by atoms with Gasteiger partial charge >= 0.3 is 0 Å². The van der Waals surface area contributed by atoms with Crippen molar-refractivity contribution < 1.29 is 0 Å². The summed E-state index contributed by atoms with van der Waals surface area (Å²) >= 11 is 0. The number of benzene rings is 6. The summed E-state index contributed by atoms with van der Waals surface area (Å²) in [5.41, 5.74) is 14.2. The molecule has 6 aromatic rings. The van der Waals surface area contributed by atoms with Crippen LogP contribution < -0.4 is 9.80 Å². The molecule has 0 radical (unpaired) electrons. The van der Waals surface area contributed by atoms with Gasteiger partial charge in [-0.1, -0.05) is 96.1 Å². The predicted octanol–water partition coefficient (Wildman–Crippen LogP) is 11.5. The van der Waals surface area contributed by atoms with E-state index in [1.165, 1.54) is 39.1 Å². The van der Waals surface area contributed by atoms with Gasteiger partial charge in [0, 0.05) is 22.7 Å². The van der Waals surface area contributed by atoms with Gasteiger partial charge in [-0.2, -0.15) is 0 Å². The average molecular weight is 545 g/mol. The zero-order valence-electron chi connectivity index (χ0n) is 24.8. The van der Waals surface area contributed by atoms with Gasteiger partial charge in [-0.15, -0.1) is 0 Å². The normalized spacial score (nSPS) is 10.9.